The molecule has 0 aliphatic carbocycles. The Balaban J connectivity index is 1.83. The van der Waals surface area contributed by atoms with Crippen LogP contribution in [0, 0.1) is 11.6 Å². The molecule has 5 nitrogen and oxygen atoms in total. The molecule has 0 atom stereocenters. The summed E-state index contributed by atoms with van der Waals surface area (Å²) in [5.41, 5.74) is 0.808. The fourth-order valence-electron chi connectivity index (χ4n) is 2.22. The summed E-state index contributed by atoms with van der Waals surface area (Å²) in [6.45, 7) is 0. The second-order valence-electron chi connectivity index (χ2n) is 5.54. The summed E-state index contributed by atoms with van der Waals surface area (Å²) in [6, 6.07) is 7.25. The number of anilines is 1. The second kappa shape index (κ2) is 7.34. The molecule has 1 aromatic heterocycles. The van der Waals surface area contributed by atoms with E-state index in [0.717, 1.165) is 29.7 Å². The van der Waals surface area contributed by atoms with Crippen LogP contribution in [0.5, 0.6) is 0 Å². The molecule has 1 N–H and O–H groups in total. The summed E-state index contributed by atoms with van der Waals surface area (Å²) in [7, 11) is -3.59. The van der Waals surface area contributed by atoms with Crippen molar-refractivity contribution in [1.29, 1.82) is 0 Å². The molecule has 0 aliphatic heterocycles. The first-order chi connectivity index (χ1) is 12.6. The number of nitrogens with one attached hydrogen (secondary N) is 1. The number of amides is 1. The zero-order chi connectivity index (χ0) is 19.8. The molecule has 0 unspecified atom stereocenters. The number of rotatable bonds is 4. The number of nitrogens with zero attached hydrogens (tertiary/aromatic N) is 1. The topological polar surface area (TPSA) is 76.1 Å². The van der Waals surface area contributed by atoms with Crippen LogP contribution in [0.15, 0.2) is 46.7 Å². The van der Waals surface area contributed by atoms with E-state index in [4.69, 9.17) is 11.6 Å². The minimum atomic E-state index is -3.59. The maximum absolute atomic E-state index is 13.3. The van der Waals surface area contributed by atoms with Crippen LogP contribution in [0.4, 0.5) is 13.9 Å². The molecule has 0 bridgehead atoms. The van der Waals surface area contributed by atoms with E-state index in [1.165, 1.54) is 24.3 Å². The van der Waals surface area contributed by atoms with Gasteiger partial charge in [0.25, 0.3) is 5.91 Å². The highest BCUT2D eigenvalue weighted by Crippen LogP contribution is 2.27. The van der Waals surface area contributed by atoms with Crippen molar-refractivity contribution in [2.45, 2.75) is 4.90 Å². The highest BCUT2D eigenvalue weighted by Gasteiger charge is 2.17. The first-order valence-electron chi connectivity index (χ1n) is 7.37. The molecule has 3 aromatic rings. The third kappa shape index (κ3) is 4.32. The maximum Gasteiger partial charge on any atom is 0.257 e. The van der Waals surface area contributed by atoms with Gasteiger partial charge in [0.1, 0.15) is 0 Å². The molecule has 3 rings (SSSR count). The lowest BCUT2D eigenvalue weighted by molar-refractivity contribution is 0.102. The average Bonchev–Trinajstić information content (AvgIpc) is 3.05. The quantitative estimate of drug-likeness (QED) is 0.668. The van der Waals surface area contributed by atoms with Gasteiger partial charge in [-0.3, -0.25) is 10.1 Å². The van der Waals surface area contributed by atoms with Gasteiger partial charge >= 0.3 is 0 Å². The van der Waals surface area contributed by atoms with Crippen LogP contribution < -0.4 is 5.32 Å². The zero-order valence-electron chi connectivity index (χ0n) is 13.7. The van der Waals surface area contributed by atoms with Crippen molar-refractivity contribution in [1.82, 2.24) is 4.98 Å². The number of hydrogen-bond acceptors (Lipinski definition) is 5. The van der Waals surface area contributed by atoms with Crippen molar-refractivity contribution in [2.75, 3.05) is 11.6 Å². The molecule has 10 heteroatoms. The van der Waals surface area contributed by atoms with Crippen LogP contribution in [0.1, 0.15) is 10.4 Å². The van der Waals surface area contributed by atoms with Gasteiger partial charge in [-0.15, -0.1) is 11.3 Å². The molecule has 2 aromatic carbocycles. The Morgan fingerprint density at radius 2 is 1.89 bits per heavy atom. The van der Waals surface area contributed by atoms with Crippen molar-refractivity contribution >= 4 is 43.8 Å². The standard InChI is InChI=1S/C17H11ClF2N2O3S2/c1-27(24,25)15-7-10(2-4-11(15)18)16(23)22-17-21-14(8-26-17)9-3-5-12(19)13(20)6-9/h2-8H,1H3,(H,21,22,23). The molecule has 0 saturated carbocycles. The summed E-state index contributed by atoms with van der Waals surface area (Å²) < 4.78 is 49.8. The highest BCUT2D eigenvalue weighted by molar-refractivity contribution is 7.90. The fraction of sp³-hybridized carbons (Fsp3) is 0.0588. The lowest BCUT2D eigenvalue weighted by Crippen LogP contribution is -2.12. The van der Waals surface area contributed by atoms with Crippen molar-refractivity contribution in [3.63, 3.8) is 0 Å². The van der Waals surface area contributed by atoms with Gasteiger partial charge in [-0.2, -0.15) is 0 Å². The summed E-state index contributed by atoms with van der Waals surface area (Å²) in [5.74, 6) is -2.55. The summed E-state index contributed by atoms with van der Waals surface area (Å²) in [5, 5.41) is 4.35. The molecule has 140 valence electrons. The van der Waals surface area contributed by atoms with E-state index in [2.05, 4.69) is 10.3 Å². The van der Waals surface area contributed by atoms with Crippen molar-refractivity contribution in [3.05, 3.63) is 64.0 Å². The first kappa shape index (κ1) is 19.4. The Kier molecular flexibility index (Phi) is 5.27. The van der Waals surface area contributed by atoms with Gasteiger partial charge in [0.2, 0.25) is 0 Å². The second-order valence-corrected chi connectivity index (χ2v) is 8.79. The van der Waals surface area contributed by atoms with E-state index in [9.17, 15) is 22.0 Å². The Morgan fingerprint density at radius 3 is 2.56 bits per heavy atom. The van der Waals surface area contributed by atoms with Crippen LogP contribution in [0.25, 0.3) is 11.3 Å². The number of aromatic nitrogens is 1. The smallest absolute Gasteiger partial charge is 0.257 e. The lowest BCUT2D eigenvalue weighted by Gasteiger charge is -2.06. The number of hydrogen-bond donors (Lipinski definition) is 1. The van der Waals surface area contributed by atoms with Crippen molar-refractivity contribution in [2.24, 2.45) is 0 Å². The molecular formula is C17H11ClF2N2O3S2. The van der Waals surface area contributed by atoms with Gasteiger partial charge in [0.15, 0.2) is 26.6 Å². The average molecular weight is 429 g/mol. The summed E-state index contributed by atoms with van der Waals surface area (Å²) in [4.78, 5) is 16.4. The lowest BCUT2D eigenvalue weighted by atomic mass is 10.2. The van der Waals surface area contributed by atoms with Gasteiger partial charge in [-0.05, 0) is 36.4 Å². The number of carbonyl (C=O) groups is 1. The van der Waals surface area contributed by atoms with Crippen molar-refractivity contribution in [3.8, 4) is 11.3 Å². The van der Waals surface area contributed by atoms with Crippen LogP contribution in [-0.4, -0.2) is 25.6 Å². The number of benzene rings is 2. The maximum atomic E-state index is 13.3. The Bertz CT molecular complexity index is 1150. The fourth-order valence-corrected chi connectivity index (χ4v) is 4.23. The van der Waals surface area contributed by atoms with Crippen LogP contribution in [-0.2, 0) is 9.84 Å². The van der Waals surface area contributed by atoms with Gasteiger partial charge in [0, 0.05) is 22.8 Å². The number of thiazole rings is 1. The molecule has 0 spiro atoms. The SMILES string of the molecule is CS(=O)(=O)c1cc(C(=O)Nc2nc(-c3ccc(F)c(F)c3)cs2)ccc1Cl. The van der Waals surface area contributed by atoms with E-state index in [-0.39, 0.29) is 20.6 Å². The predicted molar refractivity (Wildman–Crippen MR) is 100.0 cm³/mol. The predicted octanol–water partition coefficient (Wildman–Crippen LogP) is 4.40. The Hall–Kier alpha value is -2.36. The largest absolute Gasteiger partial charge is 0.298 e. The first-order valence-corrected chi connectivity index (χ1v) is 10.5. The highest BCUT2D eigenvalue weighted by atomic mass is 35.5. The third-order valence-electron chi connectivity index (χ3n) is 3.53. The minimum Gasteiger partial charge on any atom is -0.298 e. The Morgan fingerprint density at radius 1 is 1.15 bits per heavy atom. The molecule has 0 fully saturated rings. The van der Waals surface area contributed by atoms with Gasteiger partial charge in [0.05, 0.1) is 15.6 Å². The normalized spacial score (nSPS) is 11.4. The number of halogens is 3. The van der Waals surface area contributed by atoms with Crippen LogP contribution in [0.2, 0.25) is 5.02 Å². The molecule has 0 radical (unpaired) electrons. The van der Waals surface area contributed by atoms with Gasteiger partial charge < -0.3 is 0 Å². The molecular weight excluding hydrogens is 418 g/mol. The van der Waals surface area contributed by atoms with Crippen molar-refractivity contribution < 1.29 is 22.0 Å². The van der Waals surface area contributed by atoms with E-state index < -0.39 is 27.4 Å². The van der Waals surface area contributed by atoms with E-state index >= 15 is 0 Å². The molecule has 1 amide bonds. The third-order valence-corrected chi connectivity index (χ3v) is 5.87. The van der Waals surface area contributed by atoms with Crippen LogP contribution >= 0.6 is 22.9 Å². The molecule has 1 heterocycles. The van der Waals surface area contributed by atoms with E-state index in [1.54, 1.807) is 5.38 Å². The number of sulfone groups is 1. The van der Waals surface area contributed by atoms with Gasteiger partial charge in [-0.25, -0.2) is 22.2 Å². The van der Waals surface area contributed by atoms with E-state index in [0.29, 0.717) is 11.3 Å². The summed E-state index contributed by atoms with van der Waals surface area (Å²) in [6.07, 6.45) is 0.991. The molecule has 0 aliphatic rings. The Labute approximate surface area is 162 Å². The molecule has 0 saturated heterocycles. The summed E-state index contributed by atoms with van der Waals surface area (Å²) >= 11 is 6.95. The molecule has 27 heavy (non-hydrogen) atoms. The van der Waals surface area contributed by atoms with E-state index in [1.807, 2.05) is 0 Å². The monoisotopic (exact) mass is 428 g/mol. The van der Waals surface area contributed by atoms with Crippen LogP contribution in [0.3, 0.4) is 0 Å². The van der Waals surface area contributed by atoms with Gasteiger partial charge in [-0.1, -0.05) is 11.6 Å². The zero-order valence-corrected chi connectivity index (χ0v) is 16.1. The minimum absolute atomic E-state index is 0.0175. The number of carbonyl (C=O) groups excluding carboxylic acids is 1.